The van der Waals surface area contributed by atoms with Gasteiger partial charge in [-0.25, -0.2) is 4.57 Å². The summed E-state index contributed by atoms with van der Waals surface area (Å²) in [5.41, 5.74) is 0. The number of allylic oxidation sites excluding steroid dienone is 10. The molecule has 9 heteroatoms. The van der Waals surface area contributed by atoms with Crippen LogP contribution >= 0.6 is 7.82 Å². The van der Waals surface area contributed by atoms with Crippen molar-refractivity contribution in [1.29, 1.82) is 0 Å². The van der Waals surface area contributed by atoms with Crippen molar-refractivity contribution < 1.29 is 37.9 Å². The van der Waals surface area contributed by atoms with Crippen molar-refractivity contribution >= 4 is 19.8 Å². The number of hydrogen-bond donors (Lipinski definition) is 2. The van der Waals surface area contributed by atoms with Crippen molar-refractivity contribution in [2.75, 3.05) is 13.2 Å². The number of rotatable bonds is 33. The predicted molar refractivity (Wildman–Crippen MR) is 197 cm³/mol. The van der Waals surface area contributed by atoms with Gasteiger partial charge in [0.1, 0.15) is 6.61 Å². The van der Waals surface area contributed by atoms with E-state index in [1.165, 1.54) is 25.7 Å². The summed E-state index contributed by atoms with van der Waals surface area (Å²) in [6, 6.07) is 0. The molecule has 0 rings (SSSR count). The zero-order chi connectivity index (χ0) is 35.4. The Kier molecular flexibility index (Phi) is 33.0. The Morgan fingerprint density at radius 2 is 1.00 bits per heavy atom. The van der Waals surface area contributed by atoms with Gasteiger partial charge in [0.15, 0.2) is 6.10 Å². The van der Waals surface area contributed by atoms with Crippen molar-refractivity contribution in [3.63, 3.8) is 0 Å². The van der Waals surface area contributed by atoms with Crippen LogP contribution in [0.15, 0.2) is 60.8 Å². The van der Waals surface area contributed by atoms with Crippen LogP contribution in [0.25, 0.3) is 0 Å². The summed E-state index contributed by atoms with van der Waals surface area (Å²) in [6.07, 6.45) is 42.2. The molecule has 0 aliphatic heterocycles. The monoisotopic (exact) mass is 694 g/mol. The molecule has 0 amide bonds. The summed E-state index contributed by atoms with van der Waals surface area (Å²) in [7, 11) is -4.76. The van der Waals surface area contributed by atoms with Crippen molar-refractivity contribution in [2.24, 2.45) is 0 Å². The number of esters is 2. The molecule has 0 saturated carbocycles. The second-order valence-corrected chi connectivity index (χ2v) is 13.4. The molecular formula is C39H67O8P. The quantitative estimate of drug-likeness (QED) is 0.0301. The molecule has 0 radical (unpaired) electrons. The summed E-state index contributed by atoms with van der Waals surface area (Å²) in [5, 5.41) is 0. The smallest absolute Gasteiger partial charge is 0.462 e. The fraction of sp³-hybridized carbons (Fsp3) is 0.692. The van der Waals surface area contributed by atoms with Gasteiger partial charge in [-0.15, -0.1) is 0 Å². The van der Waals surface area contributed by atoms with E-state index >= 15 is 0 Å². The van der Waals surface area contributed by atoms with Gasteiger partial charge >= 0.3 is 19.8 Å². The number of carbonyl (C=O) groups is 2. The molecule has 2 N–H and O–H groups in total. The van der Waals surface area contributed by atoms with Crippen LogP contribution in [0.5, 0.6) is 0 Å². The van der Waals surface area contributed by atoms with E-state index in [1.807, 2.05) is 0 Å². The standard InChI is InChI=1S/C39H67O8P/c1-3-5-7-9-11-13-15-17-19-21-23-25-27-29-31-33-38(40)45-35-37(36-46-48(42,43)44)47-39(41)34-32-30-28-26-24-22-20-18-16-14-12-10-8-6-4-2/h5,7,11-14,17-20,37H,3-4,6,8-10,15-16,21-36H2,1-2H3,(H2,42,43,44)/b7-5+,13-11+,14-12+,19-17+,20-18+/t37-/m1/s1. The Bertz CT molecular complexity index is 963. The van der Waals surface area contributed by atoms with Crippen LogP contribution in [0.4, 0.5) is 0 Å². The highest BCUT2D eigenvalue weighted by molar-refractivity contribution is 7.46. The van der Waals surface area contributed by atoms with Gasteiger partial charge in [-0.1, -0.05) is 126 Å². The minimum atomic E-state index is -4.76. The van der Waals surface area contributed by atoms with Gasteiger partial charge in [0.2, 0.25) is 0 Å². The van der Waals surface area contributed by atoms with E-state index in [4.69, 9.17) is 19.3 Å². The van der Waals surface area contributed by atoms with Gasteiger partial charge in [-0.2, -0.15) is 0 Å². The maximum atomic E-state index is 12.3. The summed E-state index contributed by atoms with van der Waals surface area (Å²) < 4.78 is 26.3. The Morgan fingerprint density at radius 1 is 0.562 bits per heavy atom. The molecule has 0 aliphatic carbocycles. The third-order valence-corrected chi connectivity index (χ3v) is 8.01. The van der Waals surface area contributed by atoms with E-state index in [0.717, 1.165) is 89.9 Å². The van der Waals surface area contributed by atoms with E-state index in [9.17, 15) is 14.2 Å². The Hall–Kier alpha value is -2.25. The molecule has 276 valence electrons. The molecule has 1 atom stereocenters. The van der Waals surface area contributed by atoms with E-state index in [-0.39, 0.29) is 19.4 Å². The van der Waals surface area contributed by atoms with Crippen molar-refractivity contribution in [3.8, 4) is 0 Å². The van der Waals surface area contributed by atoms with E-state index in [2.05, 4.69) is 79.1 Å². The first-order valence-corrected chi connectivity index (χ1v) is 20.1. The van der Waals surface area contributed by atoms with Crippen LogP contribution in [-0.4, -0.2) is 41.0 Å². The van der Waals surface area contributed by atoms with Crippen LogP contribution in [0.2, 0.25) is 0 Å². The molecule has 0 spiro atoms. The number of carbonyl (C=O) groups excluding carboxylic acids is 2. The lowest BCUT2D eigenvalue weighted by Gasteiger charge is -2.18. The van der Waals surface area contributed by atoms with Crippen molar-refractivity contribution in [3.05, 3.63) is 60.8 Å². The van der Waals surface area contributed by atoms with Crippen LogP contribution in [-0.2, 0) is 28.2 Å². The molecule has 8 nitrogen and oxygen atoms in total. The number of hydrogen-bond acceptors (Lipinski definition) is 6. The van der Waals surface area contributed by atoms with Crippen molar-refractivity contribution in [1.82, 2.24) is 0 Å². The highest BCUT2D eigenvalue weighted by atomic mass is 31.2. The summed E-state index contributed by atoms with van der Waals surface area (Å²) in [6.45, 7) is 3.50. The van der Waals surface area contributed by atoms with Crippen LogP contribution < -0.4 is 0 Å². The molecule has 0 unspecified atom stereocenters. The fourth-order valence-electron chi connectivity index (χ4n) is 4.77. The summed E-state index contributed by atoms with van der Waals surface area (Å²) in [4.78, 5) is 42.7. The van der Waals surface area contributed by atoms with E-state index < -0.39 is 32.5 Å². The number of ether oxygens (including phenoxy) is 2. The molecule has 0 aliphatic rings. The molecule has 0 fully saturated rings. The summed E-state index contributed by atoms with van der Waals surface area (Å²) in [5.74, 6) is -0.927. The third kappa shape index (κ3) is 36.6. The van der Waals surface area contributed by atoms with Crippen LogP contribution in [0.3, 0.4) is 0 Å². The lowest BCUT2D eigenvalue weighted by Crippen LogP contribution is -2.29. The first-order chi connectivity index (χ1) is 23.3. The van der Waals surface area contributed by atoms with Crippen LogP contribution in [0, 0.1) is 0 Å². The second kappa shape index (κ2) is 34.6. The highest BCUT2D eigenvalue weighted by Crippen LogP contribution is 2.36. The molecule has 0 aromatic rings. The highest BCUT2D eigenvalue weighted by Gasteiger charge is 2.22. The predicted octanol–water partition coefficient (Wildman–Crippen LogP) is 11.0. The van der Waals surface area contributed by atoms with Gasteiger partial charge < -0.3 is 19.3 Å². The normalized spacial score (nSPS) is 13.2. The third-order valence-electron chi connectivity index (χ3n) is 7.52. The molecule has 0 saturated heterocycles. The van der Waals surface area contributed by atoms with Crippen molar-refractivity contribution in [2.45, 2.75) is 161 Å². The van der Waals surface area contributed by atoms with E-state index in [0.29, 0.717) is 12.8 Å². The lowest BCUT2D eigenvalue weighted by molar-refractivity contribution is -0.161. The maximum absolute atomic E-state index is 12.3. The fourth-order valence-corrected chi connectivity index (χ4v) is 5.13. The van der Waals surface area contributed by atoms with Gasteiger partial charge in [0.25, 0.3) is 0 Å². The largest absolute Gasteiger partial charge is 0.469 e. The van der Waals surface area contributed by atoms with Gasteiger partial charge in [-0.3, -0.25) is 14.1 Å². The van der Waals surface area contributed by atoms with Gasteiger partial charge in [-0.05, 0) is 77.0 Å². The van der Waals surface area contributed by atoms with Gasteiger partial charge in [0.05, 0.1) is 6.61 Å². The van der Waals surface area contributed by atoms with Crippen LogP contribution in [0.1, 0.15) is 155 Å². The molecular weight excluding hydrogens is 627 g/mol. The maximum Gasteiger partial charge on any atom is 0.469 e. The van der Waals surface area contributed by atoms with Gasteiger partial charge in [0, 0.05) is 12.8 Å². The zero-order valence-corrected chi connectivity index (χ0v) is 31.0. The summed E-state index contributed by atoms with van der Waals surface area (Å²) >= 11 is 0. The molecule has 48 heavy (non-hydrogen) atoms. The molecule has 0 aromatic heterocycles. The second-order valence-electron chi connectivity index (χ2n) is 12.2. The average molecular weight is 695 g/mol. The zero-order valence-electron chi connectivity index (χ0n) is 30.1. The molecule has 0 heterocycles. The Morgan fingerprint density at radius 3 is 1.50 bits per heavy atom. The number of phosphoric acid groups is 1. The SMILES string of the molecule is CC/C=C/C/C=C/C/C=C/CCCCCCCC(=O)OC[C@H](COP(=O)(O)O)OC(=O)CCCCCCC/C=C/C/C=C/CCCCC. The molecule has 0 aromatic carbocycles. The van der Waals surface area contributed by atoms with E-state index in [1.54, 1.807) is 0 Å². The minimum absolute atomic E-state index is 0.189. The Labute approximate surface area is 292 Å². The topological polar surface area (TPSA) is 119 Å². The molecule has 0 bridgehead atoms. The average Bonchev–Trinajstić information content (AvgIpc) is 3.05. The lowest BCUT2D eigenvalue weighted by atomic mass is 10.1. The Balaban J connectivity index is 4.04. The number of phosphoric ester groups is 1. The minimum Gasteiger partial charge on any atom is -0.462 e. The first kappa shape index (κ1) is 45.8. The number of unbranched alkanes of at least 4 members (excludes halogenated alkanes) is 13. The first-order valence-electron chi connectivity index (χ1n) is 18.6.